The van der Waals surface area contributed by atoms with Gasteiger partial charge >= 0.3 is 6.03 Å². The van der Waals surface area contributed by atoms with Crippen molar-refractivity contribution in [2.24, 2.45) is 5.92 Å². The second-order valence-corrected chi connectivity index (χ2v) is 8.54. The number of piperidine rings is 1. The lowest BCUT2D eigenvalue weighted by Gasteiger charge is -2.34. The number of nitrogens with one attached hydrogen (secondary N) is 1. The van der Waals surface area contributed by atoms with Gasteiger partial charge in [-0.25, -0.2) is 17.5 Å². The van der Waals surface area contributed by atoms with Crippen molar-refractivity contribution in [1.29, 1.82) is 0 Å². The van der Waals surface area contributed by atoms with Crippen molar-refractivity contribution in [3.63, 3.8) is 0 Å². The molecule has 2 amide bonds. The van der Waals surface area contributed by atoms with Crippen LogP contribution in [0.1, 0.15) is 39.5 Å². The Bertz CT molecular complexity index is 478. The molecule has 6 nitrogen and oxygen atoms in total. The number of rotatable bonds is 3. The molecule has 0 spiro atoms. The van der Waals surface area contributed by atoms with E-state index >= 15 is 0 Å². The molecule has 2 aliphatic rings. The molecule has 0 bridgehead atoms. The third-order valence-corrected chi connectivity index (χ3v) is 5.78. The summed E-state index contributed by atoms with van der Waals surface area (Å²) in [5, 5.41) is 3.03. The van der Waals surface area contributed by atoms with Crippen LogP contribution < -0.4 is 5.32 Å². The topological polar surface area (TPSA) is 69.7 Å². The fourth-order valence-corrected chi connectivity index (χ4v) is 4.27. The fourth-order valence-electron chi connectivity index (χ4n) is 3.36. The van der Waals surface area contributed by atoms with Crippen LogP contribution in [0.2, 0.25) is 0 Å². The van der Waals surface area contributed by atoms with Gasteiger partial charge in [0.2, 0.25) is 10.0 Å². The second-order valence-electron chi connectivity index (χ2n) is 6.56. The summed E-state index contributed by atoms with van der Waals surface area (Å²) in [5.74, 6) is 0.456. The molecule has 1 N–H and O–H groups in total. The van der Waals surface area contributed by atoms with E-state index in [0.29, 0.717) is 25.0 Å². The number of urea groups is 1. The van der Waals surface area contributed by atoms with Crippen molar-refractivity contribution in [1.82, 2.24) is 14.5 Å². The summed E-state index contributed by atoms with van der Waals surface area (Å²) in [4.78, 5) is 14.4. The molecular formula is C14H27N3O3S. The molecule has 2 atom stereocenters. The fraction of sp³-hybridized carbons (Fsp3) is 0.929. The molecule has 2 unspecified atom stereocenters. The van der Waals surface area contributed by atoms with Crippen molar-refractivity contribution in [3.05, 3.63) is 0 Å². The molecular weight excluding hydrogens is 290 g/mol. The van der Waals surface area contributed by atoms with Crippen LogP contribution >= 0.6 is 0 Å². The molecule has 0 aromatic carbocycles. The standard InChI is InChI=1S/C14H27N3O3S/c1-11(2)13-7-5-9-17(13)14(18)15-12-6-4-8-16(10-12)21(3,19)20/h11-13H,4-10H2,1-3H3,(H,15,18). The highest BCUT2D eigenvalue weighted by atomic mass is 32.2. The molecule has 2 aliphatic heterocycles. The summed E-state index contributed by atoms with van der Waals surface area (Å²) in [6, 6.07) is 0.195. The van der Waals surface area contributed by atoms with Gasteiger partial charge in [-0.2, -0.15) is 0 Å². The first-order valence-electron chi connectivity index (χ1n) is 7.81. The van der Waals surface area contributed by atoms with Crippen molar-refractivity contribution in [2.75, 3.05) is 25.9 Å². The minimum absolute atomic E-state index is 0.0356. The Morgan fingerprint density at radius 3 is 2.48 bits per heavy atom. The molecule has 0 radical (unpaired) electrons. The summed E-state index contributed by atoms with van der Waals surface area (Å²) in [6.07, 6.45) is 4.98. The molecule has 0 aromatic rings. The molecule has 2 rings (SSSR count). The summed E-state index contributed by atoms with van der Waals surface area (Å²) >= 11 is 0. The van der Waals surface area contributed by atoms with E-state index in [4.69, 9.17) is 0 Å². The number of carbonyl (C=O) groups is 1. The van der Waals surface area contributed by atoms with Crippen LogP contribution in [0.4, 0.5) is 4.79 Å². The molecule has 7 heteroatoms. The average Bonchev–Trinajstić information content (AvgIpc) is 2.87. The van der Waals surface area contributed by atoms with Crippen molar-refractivity contribution in [2.45, 2.75) is 51.6 Å². The summed E-state index contributed by atoms with van der Waals surface area (Å²) in [6.45, 7) is 6.04. The third-order valence-electron chi connectivity index (χ3n) is 4.51. The van der Waals surface area contributed by atoms with Gasteiger partial charge in [0.15, 0.2) is 0 Å². The van der Waals surface area contributed by atoms with Gasteiger partial charge in [0.25, 0.3) is 0 Å². The normalized spacial score (nSPS) is 28.1. The van der Waals surface area contributed by atoms with Gasteiger partial charge in [-0.3, -0.25) is 0 Å². The summed E-state index contributed by atoms with van der Waals surface area (Å²) in [7, 11) is -3.17. The number of carbonyl (C=O) groups excluding carboxylic acids is 1. The first kappa shape index (κ1) is 16.5. The number of amides is 2. The van der Waals surface area contributed by atoms with E-state index in [-0.39, 0.29) is 12.1 Å². The molecule has 0 aromatic heterocycles. The van der Waals surface area contributed by atoms with E-state index in [0.717, 1.165) is 32.2 Å². The number of hydrogen-bond donors (Lipinski definition) is 1. The van der Waals surface area contributed by atoms with Gasteiger partial charge in [0.05, 0.1) is 6.26 Å². The van der Waals surface area contributed by atoms with Crippen LogP contribution in [-0.2, 0) is 10.0 Å². The SMILES string of the molecule is CC(C)C1CCCN1C(=O)NC1CCCN(S(C)(=O)=O)C1. The largest absolute Gasteiger partial charge is 0.334 e. The highest BCUT2D eigenvalue weighted by molar-refractivity contribution is 7.88. The minimum atomic E-state index is -3.17. The minimum Gasteiger partial charge on any atom is -0.334 e. The summed E-state index contributed by atoms with van der Waals surface area (Å²) < 4.78 is 24.7. The molecule has 122 valence electrons. The van der Waals surface area contributed by atoms with E-state index in [1.54, 1.807) is 0 Å². The van der Waals surface area contributed by atoms with Gasteiger partial charge in [-0.1, -0.05) is 13.8 Å². The maximum absolute atomic E-state index is 12.4. The maximum atomic E-state index is 12.4. The number of sulfonamides is 1. The van der Waals surface area contributed by atoms with Gasteiger partial charge in [0.1, 0.15) is 0 Å². The Kier molecular flexibility index (Phi) is 5.14. The van der Waals surface area contributed by atoms with Gasteiger partial charge < -0.3 is 10.2 Å². The Labute approximate surface area is 127 Å². The lowest BCUT2D eigenvalue weighted by Crippen LogP contribution is -2.53. The van der Waals surface area contributed by atoms with Crippen LogP contribution in [0.5, 0.6) is 0 Å². The Morgan fingerprint density at radius 2 is 1.86 bits per heavy atom. The van der Waals surface area contributed by atoms with E-state index in [2.05, 4.69) is 19.2 Å². The predicted octanol–water partition coefficient (Wildman–Crippen LogP) is 1.24. The predicted molar refractivity (Wildman–Crippen MR) is 82.5 cm³/mol. The summed E-state index contributed by atoms with van der Waals surface area (Å²) in [5.41, 5.74) is 0. The first-order chi connectivity index (χ1) is 9.79. The number of likely N-dealkylation sites (tertiary alicyclic amines) is 1. The lowest BCUT2D eigenvalue weighted by atomic mass is 10.0. The maximum Gasteiger partial charge on any atom is 0.317 e. The van der Waals surface area contributed by atoms with E-state index in [1.807, 2.05) is 4.90 Å². The van der Waals surface area contributed by atoms with E-state index < -0.39 is 10.0 Å². The first-order valence-corrected chi connectivity index (χ1v) is 9.66. The Balaban J connectivity index is 1.93. The van der Waals surface area contributed by atoms with Crippen LogP contribution in [0.15, 0.2) is 0 Å². The third kappa shape index (κ3) is 4.10. The van der Waals surface area contributed by atoms with Crippen LogP contribution in [0.3, 0.4) is 0 Å². The number of hydrogen-bond acceptors (Lipinski definition) is 3. The molecule has 2 heterocycles. The van der Waals surface area contributed by atoms with E-state index in [9.17, 15) is 13.2 Å². The Morgan fingerprint density at radius 1 is 1.19 bits per heavy atom. The zero-order valence-electron chi connectivity index (χ0n) is 13.2. The second kappa shape index (κ2) is 6.52. The zero-order valence-corrected chi connectivity index (χ0v) is 14.0. The molecule has 0 aliphatic carbocycles. The van der Waals surface area contributed by atoms with Gasteiger partial charge in [-0.15, -0.1) is 0 Å². The lowest BCUT2D eigenvalue weighted by molar-refractivity contribution is 0.169. The zero-order chi connectivity index (χ0) is 15.6. The monoisotopic (exact) mass is 317 g/mol. The van der Waals surface area contributed by atoms with Crippen molar-refractivity contribution in [3.8, 4) is 0 Å². The van der Waals surface area contributed by atoms with Crippen LogP contribution in [0, 0.1) is 5.92 Å². The molecule has 21 heavy (non-hydrogen) atoms. The van der Waals surface area contributed by atoms with Crippen molar-refractivity contribution < 1.29 is 13.2 Å². The van der Waals surface area contributed by atoms with Gasteiger partial charge in [-0.05, 0) is 31.6 Å². The highest BCUT2D eigenvalue weighted by Crippen LogP contribution is 2.24. The highest BCUT2D eigenvalue weighted by Gasteiger charge is 2.33. The molecule has 2 saturated heterocycles. The average molecular weight is 317 g/mol. The van der Waals surface area contributed by atoms with Crippen molar-refractivity contribution >= 4 is 16.1 Å². The van der Waals surface area contributed by atoms with Crippen LogP contribution in [0.25, 0.3) is 0 Å². The molecule has 2 fully saturated rings. The van der Waals surface area contributed by atoms with Gasteiger partial charge in [0, 0.05) is 31.7 Å². The van der Waals surface area contributed by atoms with E-state index in [1.165, 1.54) is 10.6 Å². The Hall–Kier alpha value is -0.820. The smallest absolute Gasteiger partial charge is 0.317 e. The number of nitrogens with zero attached hydrogens (tertiary/aromatic N) is 2. The van der Waals surface area contributed by atoms with Crippen LogP contribution in [-0.4, -0.2) is 61.6 Å². The molecule has 0 saturated carbocycles. The quantitative estimate of drug-likeness (QED) is 0.851.